The number of hydrogen-bond donors (Lipinski definition) is 2. The number of hydroxylamine groups is 1. The van der Waals surface area contributed by atoms with Gasteiger partial charge in [0, 0.05) is 30.7 Å². The molecule has 0 saturated heterocycles. The van der Waals surface area contributed by atoms with E-state index >= 15 is 0 Å². The Morgan fingerprint density at radius 3 is 3.00 bits per heavy atom. The van der Waals surface area contributed by atoms with Gasteiger partial charge < -0.3 is 9.77 Å². The molecule has 0 saturated carbocycles. The summed E-state index contributed by atoms with van der Waals surface area (Å²) in [6.45, 7) is 0.443. The highest BCUT2D eigenvalue weighted by molar-refractivity contribution is 6.35. The van der Waals surface area contributed by atoms with E-state index in [1.54, 1.807) is 0 Å². The van der Waals surface area contributed by atoms with Crippen molar-refractivity contribution in [3.8, 4) is 0 Å². The number of benzene rings is 1. The van der Waals surface area contributed by atoms with E-state index in [9.17, 15) is 0 Å². The van der Waals surface area contributed by atoms with E-state index in [4.69, 9.17) is 16.8 Å². The van der Waals surface area contributed by atoms with Gasteiger partial charge in [0.05, 0.1) is 5.02 Å². The molecular weight excluding hydrogens is 200 g/mol. The third-order valence-corrected chi connectivity index (χ3v) is 2.59. The first-order valence-corrected chi connectivity index (χ1v) is 4.70. The Labute approximate surface area is 86.9 Å². The van der Waals surface area contributed by atoms with Crippen LogP contribution in [0.2, 0.25) is 5.02 Å². The van der Waals surface area contributed by atoms with Gasteiger partial charge in [0.1, 0.15) is 0 Å². The maximum absolute atomic E-state index is 8.58. The Kier molecular flexibility index (Phi) is 2.46. The van der Waals surface area contributed by atoms with Gasteiger partial charge in [0.15, 0.2) is 0 Å². The van der Waals surface area contributed by atoms with Gasteiger partial charge in [-0.2, -0.15) is 0 Å². The van der Waals surface area contributed by atoms with Crippen LogP contribution in [0.1, 0.15) is 5.56 Å². The fourth-order valence-corrected chi connectivity index (χ4v) is 1.89. The van der Waals surface area contributed by atoms with Gasteiger partial charge in [0.25, 0.3) is 0 Å². The summed E-state index contributed by atoms with van der Waals surface area (Å²) in [7, 11) is 1.95. The van der Waals surface area contributed by atoms with Gasteiger partial charge in [0.2, 0.25) is 0 Å². The van der Waals surface area contributed by atoms with Crippen molar-refractivity contribution in [3.05, 3.63) is 35.0 Å². The van der Waals surface area contributed by atoms with Crippen LogP contribution in [0.4, 0.5) is 0 Å². The minimum Gasteiger partial charge on any atom is -0.349 e. The molecule has 3 nitrogen and oxygen atoms in total. The average Bonchev–Trinajstić information content (AvgIpc) is 2.43. The molecule has 0 amide bonds. The molecule has 2 aromatic rings. The number of nitrogens with zero attached hydrogens (tertiary/aromatic N) is 1. The second kappa shape index (κ2) is 3.61. The average molecular weight is 211 g/mol. The Bertz CT molecular complexity index is 464. The van der Waals surface area contributed by atoms with Crippen LogP contribution in [0, 0.1) is 0 Å². The van der Waals surface area contributed by atoms with Crippen molar-refractivity contribution >= 4 is 22.5 Å². The number of rotatable bonds is 2. The quantitative estimate of drug-likeness (QED) is 0.747. The number of nitrogens with one attached hydrogen (secondary N) is 1. The van der Waals surface area contributed by atoms with E-state index in [2.05, 4.69) is 5.48 Å². The molecule has 0 spiro atoms. The SMILES string of the molecule is Cn1cc(Cl)c2ccc(CNO)cc21. The number of fused-ring (bicyclic) bond motifs is 1. The molecule has 0 aliphatic rings. The highest BCUT2D eigenvalue weighted by Gasteiger charge is 2.04. The summed E-state index contributed by atoms with van der Waals surface area (Å²) in [5.74, 6) is 0. The van der Waals surface area contributed by atoms with Crippen LogP contribution in [-0.4, -0.2) is 9.77 Å². The van der Waals surface area contributed by atoms with Gasteiger partial charge in [-0.1, -0.05) is 23.7 Å². The molecule has 0 unspecified atom stereocenters. The van der Waals surface area contributed by atoms with Crippen LogP contribution < -0.4 is 5.48 Å². The number of aromatic nitrogens is 1. The van der Waals surface area contributed by atoms with Gasteiger partial charge in [-0.25, -0.2) is 5.48 Å². The minimum absolute atomic E-state index is 0.443. The van der Waals surface area contributed by atoms with Crippen LogP contribution in [0.15, 0.2) is 24.4 Å². The highest BCUT2D eigenvalue weighted by atomic mass is 35.5. The summed E-state index contributed by atoms with van der Waals surface area (Å²) < 4.78 is 1.97. The van der Waals surface area contributed by atoms with Crippen LogP contribution >= 0.6 is 11.6 Å². The molecule has 74 valence electrons. The molecule has 0 aliphatic carbocycles. The maximum atomic E-state index is 8.58. The van der Waals surface area contributed by atoms with Crippen molar-refractivity contribution in [1.29, 1.82) is 0 Å². The summed E-state index contributed by atoms with van der Waals surface area (Å²) in [4.78, 5) is 0. The highest BCUT2D eigenvalue weighted by Crippen LogP contribution is 2.25. The lowest BCUT2D eigenvalue weighted by atomic mass is 10.1. The Morgan fingerprint density at radius 1 is 1.50 bits per heavy atom. The monoisotopic (exact) mass is 210 g/mol. The zero-order valence-corrected chi connectivity index (χ0v) is 8.54. The molecule has 0 radical (unpaired) electrons. The zero-order valence-electron chi connectivity index (χ0n) is 7.79. The number of aryl methyl sites for hydroxylation is 1. The largest absolute Gasteiger partial charge is 0.349 e. The molecule has 1 heterocycles. The topological polar surface area (TPSA) is 37.2 Å². The summed E-state index contributed by atoms with van der Waals surface area (Å²) in [6, 6.07) is 5.91. The van der Waals surface area contributed by atoms with Gasteiger partial charge in [-0.3, -0.25) is 0 Å². The van der Waals surface area contributed by atoms with Crippen molar-refractivity contribution in [2.24, 2.45) is 7.05 Å². The molecule has 0 atom stereocenters. The molecule has 0 bridgehead atoms. The fraction of sp³-hybridized carbons (Fsp3) is 0.200. The van der Waals surface area contributed by atoms with Gasteiger partial charge in [-0.05, 0) is 11.6 Å². The van der Waals surface area contributed by atoms with Crippen LogP contribution in [0.25, 0.3) is 10.9 Å². The smallest absolute Gasteiger partial charge is 0.0661 e. The molecule has 1 aromatic carbocycles. The van der Waals surface area contributed by atoms with E-state index in [0.717, 1.165) is 21.5 Å². The standard InChI is InChI=1S/C10H11ClN2O/c1-13-6-9(11)8-3-2-7(5-12-14)4-10(8)13/h2-4,6,12,14H,5H2,1H3. The van der Waals surface area contributed by atoms with Gasteiger partial charge >= 0.3 is 0 Å². The first-order chi connectivity index (χ1) is 6.72. The van der Waals surface area contributed by atoms with E-state index in [1.807, 2.05) is 36.0 Å². The molecule has 14 heavy (non-hydrogen) atoms. The lowest BCUT2D eigenvalue weighted by molar-refractivity contribution is 0.161. The third kappa shape index (κ3) is 1.50. The zero-order chi connectivity index (χ0) is 10.1. The van der Waals surface area contributed by atoms with E-state index in [-0.39, 0.29) is 0 Å². The Balaban J connectivity index is 2.59. The predicted molar refractivity (Wildman–Crippen MR) is 56.6 cm³/mol. The third-order valence-electron chi connectivity index (χ3n) is 2.29. The van der Waals surface area contributed by atoms with E-state index in [1.165, 1.54) is 0 Å². The van der Waals surface area contributed by atoms with Crippen molar-refractivity contribution in [3.63, 3.8) is 0 Å². The number of hydrogen-bond acceptors (Lipinski definition) is 2. The molecule has 0 aliphatic heterocycles. The summed E-state index contributed by atoms with van der Waals surface area (Å²) in [6.07, 6.45) is 1.88. The fourth-order valence-electron chi connectivity index (χ4n) is 1.58. The van der Waals surface area contributed by atoms with Crippen LogP contribution in [0.5, 0.6) is 0 Å². The molecule has 2 N–H and O–H groups in total. The van der Waals surface area contributed by atoms with Crippen LogP contribution in [-0.2, 0) is 13.6 Å². The van der Waals surface area contributed by atoms with E-state index < -0.39 is 0 Å². The summed E-state index contributed by atoms with van der Waals surface area (Å²) in [5, 5.41) is 10.4. The first kappa shape index (κ1) is 9.52. The normalized spacial score (nSPS) is 11.1. The molecule has 2 rings (SSSR count). The second-order valence-corrected chi connectivity index (χ2v) is 3.68. The molecular formula is C10H11ClN2O. The Hall–Kier alpha value is -1.03. The van der Waals surface area contributed by atoms with Crippen molar-refractivity contribution < 1.29 is 5.21 Å². The Morgan fingerprint density at radius 2 is 2.29 bits per heavy atom. The number of halogens is 1. The van der Waals surface area contributed by atoms with Crippen molar-refractivity contribution in [2.45, 2.75) is 6.54 Å². The first-order valence-electron chi connectivity index (χ1n) is 4.33. The summed E-state index contributed by atoms with van der Waals surface area (Å²) >= 11 is 6.02. The van der Waals surface area contributed by atoms with E-state index in [0.29, 0.717) is 6.54 Å². The second-order valence-electron chi connectivity index (χ2n) is 3.27. The lowest BCUT2D eigenvalue weighted by Crippen LogP contribution is -2.05. The van der Waals surface area contributed by atoms with Crippen molar-refractivity contribution in [2.75, 3.05) is 0 Å². The predicted octanol–water partition coefficient (Wildman–Crippen LogP) is 2.31. The van der Waals surface area contributed by atoms with Crippen LogP contribution in [0.3, 0.4) is 0 Å². The summed E-state index contributed by atoms with van der Waals surface area (Å²) in [5.41, 5.74) is 4.23. The molecule has 1 aromatic heterocycles. The minimum atomic E-state index is 0.443. The maximum Gasteiger partial charge on any atom is 0.0661 e. The molecule has 4 heteroatoms. The van der Waals surface area contributed by atoms with Crippen molar-refractivity contribution in [1.82, 2.24) is 10.0 Å². The van der Waals surface area contributed by atoms with Gasteiger partial charge in [-0.15, -0.1) is 0 Å². The lowest BCUT2D eigenvalue weighted by Gasteiger charge is -2.01. The molecule has 0 fully saturated rings.